The summed E-state index contributed by atoms with van der Waals surface area (Å²) in [7, 11) is 1.28. The van der Waals surface area contributed by atoms with Crippen LogP contribution in [0, 0.1) is 18.6 Å². The summed E-state index contributed by atoms with van der Waals surface area (Å²) in [5, 5.41) is 54.7. The van der Waals surface area contributed by atoms with E-state index in [1.165, 1.54) is 11.8 Å². The van der Waals surface area contributed by atoms with E-state index in [0.717, 1.165) is 12.1 Å². The summed E-state index contributed by atoms with van der Waals surface area (Å²) in [5.41, 5.74) is 0.327. The number of rotatable bonds is 7. The summed E-state index contributed by atoms with van der Waals surface area (Å²) < 4.78 is 46.1. The van der Waals surface area contributed by atoms with Gasteiger partial charge in [0.05, 0.1) is 13.7 Å². The molecule has 10 nitrogen and oxygen atoms in total. The van der Waals surface area contributed by atoms with Crippen LogP contribution in [0.25, 0.3) is 0 Å². The average molecular weight is 474 g/mol. The summed E-state index contributed by atoms with van der Waals surface area (Å²) in [4.78, 5) is 0. The van der Waals surface area contributed by atoms with Crippen LogP contribution in [0.1, 0.15) is 36.7 Å². The van der Waals surface area contributed by atoms with Crippen LogP contribution >= 0.6 is 0 Å². The molecular weight excluding hydrogens is 446 g/mol. The van der Waals surface area contributed by atoms with Crippen molar-refractivity contribution >= 4 is 0 Å². The fourth-order valence-electron chi connectivity index (χ4n) is 3.70. The molecule has 0 saturated carbocycles. The van der Waals surface area contributed by atoms with E-state index in [1.807, 2.05) is 0 Å². The minimum Gasteiger partial charge on any atom is -0.497 e. The molecule has 5 N–H and O–H groups in total. The van der Waals surface area contributed by atoms with Crippen molar-refractivity contribution in [1.82, 2.24) is 9.78 Å². The number of aliphatic hydroxyl groups excluding tert-OH is 4. The van der Waals surface area contributed by atoms with Gasteiger partial charge in [0.1, 0.15) is 35.7 Å². The fraction of sp³-hybridized carbons (Fsp3) is 0.571. The Balaban J connectivity index is 2.04. The summed E-state index contributed by atoms with van der Waals surface area (Å²) in [5.74, 6) is -4.99. The Hall–Kier alpha value is -2.35. The van der Waals surface area contributed by atoms with Gasteiger partial charge in [-0.15, -0.1) is 5.10 Å². The van der Waals surface area contributed by atoms with Crippen molar-refractivity contribution in [3.05, 3.63) is 40.6 Å². The van der Waals surface area contributed by atoms with Gasteiger partial charge in [0.25, 0.3) is 0 Å². The molecule has 1 aromatic carbocycles. The lowest BCUT2D eigenvalue weighted by molar-refractivity contribution is -0.423. The second-order valence-electron chi connectivity index (χ2n) is 8.15. The monoisotopic (exact) mass is 474 g/mol. The number of ether oxygens (including phenoxy) is 3. The predicted molar refractivity (Wildman–Crippen MR) is 109 cm³/mol. The van der Waals surface area contributed by atoms with Gasteiger partial charge in [0.15, 0.2) is 6.10 Å². The Morgan fingerprint density at radius 3 is 2.27 bits per heavy atom. The maximum absolute atomic E-state index is 14.6. The third kappa shape index (κ3) is 4.67. The first kappa shape index (κ1) is 25.3. The van der Waals surface area contributed by atoms with E-state index in [1.54, 1.807) is 20.8 Å². The number of aliphatic hydroxyl groups is 5. The van der Waals surface area contributed by atoms with Gasteiger partial charge in [-0.3, -0.25) is 4.68 Å². The van der Waals surface area contributed by atoms with E-state index >= 15 is 0 Å². The molecule has 0 spiro atoms. The Morgan fingerprint density at radius 2 is 1.76 bits per heavy atom. The van der Waals surface area contributed by atoms with Crippen LogP contribution in [0.3, 0.4) is 0 Å². The Bertz CT molecular complexity index is 976. The quantitative estimate of drug-likeness (QED) is 0.354. The van der Waals surface area contributed by atoms with Gasteiger partial charge in [-0.25, -0.2) is 8.78 Å². The third-order valence-electron chi connectivity index (χ3n) is 5.60. The van der Waals surface area contributed by atoms with Gasteiger partial charge in [0, 0.05) is 41.4 Å². The van der Waals surface area contributed by atoms with Crippen LogP contribution in [0.4, 0.5) is 8.78 Å². The SMILES string of the molecule is COc1cc(F)c(Cc2c(O[C@@]3(O)O[C@H](CO)[C@@H](O)[C@H](O)[C@H]3O)nn(C(C)C)c2C)c(F)c1. The molecule has 0 unspecified atom stereocenters. The van der Waals surface area contributed by atoms with E-state index in [9.17, 15) is 34.3 Å². The molecule has 5 atom stereocenters. The highest BCUT2D eigenvalue weighted by molar-refractivity contribution is 5.40. The lowest BCUT2D eigenvalue weighted by Crippen LogP contribution is -2.67. The second kappa shape index (κ2) is 9.49. The minimum absolute atomic E-state index is 0.00421. The molecule has 0 bridgehead atoms. The first-order valence-corrected chi connectivity index (χ1v) is 10.3. The van der Waals surface area contributed by atoms with E-state index < -0.39 is 48.6 Å². The number of halogens is 2. The molecule has 1 fully saturated rings. The maximum Gasteiger partial charge on any atom is 0.356 e. The van der Waals surface area contributed by atoms with Crippen LogP contribution in [-0.4, -0.2) is 79.4 Å². The molecule has 12 heteroatoms. The molecule has 33 heavy (non-hydrogen) atoms. The number of aromatic nitrogens is 2. The van der Waals surface area contributed by atoms with Gasteiger partial charge in [-0.2, -0.15) is 0 Å². The molecule has 1 saturated heterocycles. The van der Waals surface area contributed by atoms with Gasteiger partial charge >= 0.3 is 5.97 Å². The molecule has 184 valence electrons. The van der Waals surface area contributed by atoms with E-state index in [0.29, 0.717) is 5.69 Å². The number of nitrogens with zero attached hydrogens (tertiary/aromatic N) is 2. The second-order valence-corrected chi connectivity index (χ2v) is 8.15. The van der Waals surface area contributed by atoms with Crippen molar-refractivity contribution in [2.24, 2.45) is 0 Å². The number of benzene rings is 1. The van der Waals surface area contributed by atoms with Crippen LogP contribution in [0.5, 0.6) is 11.6 Å². The van der Waals surface area contributed by atoms with Crippen molar-refractivity contribution in [3.8, 4) is 11.6 Å². The largest absolute Gasteiger partial charge is 0.497 e. The summed E-state index contributed by atoms with van der Waals surface area (Å²) in [6, 6.07) is 1.83. The van der Waals surface area contributed by atoms with E-state index in [4.69, 9.17) is 14.2 Å². The van der Waals surface area contributed by atoms with Crippen molar-refractivity contribution in [1.29, 1.82) is 0 Å². The summed E-state index contributed by atoms with van der Waals surface area (Å²) in [6.07, 6.45) is -7.60. The van der Waals surface area contributed by atoms with E-state index in [2.05, 4.69) is 5.10 Å². The highest BCUT2D eigenvalue weighted by Gasteiger charge is 2.55. The number of hydrogen-bond donors (Lipinski definition) is 5. The molecule has 1 aliphatic rings. The lowest BCUT2D eigenvalue weighted by atomic mass is 9.98. The van der Waals surface area contributed by atoms with Gasteiger partial charge in [0.2, 0.25) is 5.88 Å². The van der Waals surface area contributed by atoms with E-state index in [-0.39, 0.29) is 35.2 Å². The smallest absolute Gasteiger partial charge is 0.356 e. The number of hydrogen-bond acceptors (Lipinski definition) is 9. The van der Waals surface area contributed by atoms with Crippen molar-refractivity contribution in [2.45, 2.75) is 63.6 Å². The standard InChI is InChI=1S/C21H28F2N2O8/c1-9(2)25-10(3)12(7-13-14(22)5-11(31-4)6-15(13)23)20(24-25)33-21(30)19(29)18(28)17(27)16(8-26)32-21/h5-6,9,16-19,26-30H,7-8H2,1-4H3/t16-,17-,18+,19-,21+/m1/s1. The highest BCUT2D eigenvalue weighted by atomic mass is 19.1. The van der Waals surface area contributed by atoms with Gasteiger partial charge < -0.3 is 39.7 Å². The lowest BCUT2D eigenvalue weighted by Gasteiger charge is -2.43. The maximum atomic E-state index is 14.6. The predicted octanol–water partition coefficient (Wildman–Crippen LogP) is 0.149. The first-order valence-electron chi connectivity index (χ1n) is 10.3. The summed E-state index contributed by atoms with van der Waals surface area (Å²) >= 11 is 0. The molecule has 1 aromatic heterocycles. The zero-order valence-electron chi connectivity index (χ0n) is 18.6. The topological polar surface area (TPSA) is 147 Å². The molecule has 3 rings (SSSR count). The van der Waals surface area contributed by atoms with Crippen LogP contribution in [-0.2, 0) is 11.2 Å². The Morgan fingerprint density at radius 1 is 1.15 bits per heavy atom. The average Bonchev–Trinajstić information content (AvgIpc) is 3.06. The van der Waals surface area contributed by atoms with Crippen molar-refractivity contribution in [3.63, 3.8) is 0 Å². The normalized spacial score (nSPS) is 27.8. The summed E-state index contributed by atoms with van der Waals surface area (Å²) in [6.45, 7) is 4.42. The molecule has 0 radical (unpaired) electrons. The molecule has 2 aromatic rings. The van der Waals surface area contributed by atoms with Crippen molar-refractivity contribution < 1.29 is 48.5 Å². The molecule has 0 amide bonds. The van der Waals surface area contributed by atoms with Crippen LogP contribution in [0.15, 0.2) is 12.1 Å². The molecule has 1 aliphatic heterocycles. The Kier molecular flexibility index (Phi) is 7.27. The molecular formula is C21H28F2N2O8. The third-order valence-corrected chi connectivity index (χ3v) is 5.60. The van der Waals surface area contributed by atoms with Gasteiger partial charge in [-0.1, -0.05) is 0 Å². The zero-order chi connectivity index (χ0) is 24.7. The van der Waals surface area contributed by atoms with Crippen molar-refractivity contribution in [2.75, 3.05) is 13.7 Å². The zero-order valence-corrected chi connectivity index (χ0v) is 18.6. The number of methoxy groups -OCH3 is 1. The highest BCUT2D eigenvalue weighted by Crippen LogP contribution is 2.35. The first-order chi connectivity index (χ1) is 15.4. The minimum atomic E-state index is -2.92. The molecule has 0 aliphatic carbocycles. The Labute approximate surface area is 188 Å². The van der Waals surface area contributed by atoms with Crippen LogP contribution < -0.4 is 9.47 Å². The molecule has 2 heterocycles. The van der Waals surface area contributed by atoms with Crippen LogP contribution in [0.2, 0.25) is 0 Å². The fourth-order valence-corrected chi connectivity index (χ4v) is 3.70. The van der Waals surface area contributed by atoms with Gasteiger partial charge in [-0.05, 0) is 20.8 Å².